The average molecular weight is 416 g/mol. The SMILES string of the molecule is C[C@@H](c1c[nH]c(=O)c2cc(F)c(F)cc12)N(C)C(=O)c1cc2cc(Cl)ccn2c1. The summed E-state index contributed by atoms with van der Waals surface area (Å²) in [6.07, 6.45) is 4.87. The van der Waals surface area contributed by atoms with Crippen LogP contribution in [0.3, 0.4) is 0 Å². The molecule has 5 nitrogen and oxygen atoms in total. The van der Waals surface area contributed by atoms with Gasteiger partial charge < -0.3 is 14.3 Å². The standard InChI is InChI=1S/C21H16ClF2N3O2/c1-11(17-9-25-20(28)16-8-19(24)18(23)7-15(16)17)26(2)21(29)12-5-14-6-13(22)3-4-27(14)10-12/h3-11H,1-2H3,(H,25,28)/t11-/m0/s1. The van der Waals surface area contributed by atoms with Gasteiger partial charge in [0.2, 0.25) is 0 Å². The highest BCUT2D eigenvalue weighted by molar-refractivity contribution is 6.30. The first-order valence-electron chi connectivity index (χ1n) is 8.81. The third-order valence-corrected chi connectivity index (χ3v) is 5.37. The molecule has 0 radical (unpaired) electrons. The molecule has 148 valence electrons. The molecule has 0 saturated heterocycles. The van der Waals surface area contributed by atoms with Crippen molar-refractivity contribution < 1.29 is 13.6 Å². The fraction of sp³-hybridized carbons (Fsp3) is 0.143. The molecular formula is C21H16ClF2N3O2. The molecule has 0 aliphatic rings. The Kier molecular flexibility index (Phi) is 4.62. The first kappa shape index (κ1) is 19.1. The Hall–Kier alpha value is -3.19. The van der Waals surface area contributed by atoms with Crippen LogP contribution < -0.4 is 5.56 Å². The number of benzene rings is 1. The second kappa shape index (κ2) is 7.00. The van der Waals surface area contributed by atoms with Crippen LogP contribution in [0, 0.1) is 11.6 Å². The number of fused-ring (bicyclic) bond motifs is 2. The predicted octanol–water partition coefficient (Wildman–Crippen LogP) is 4.55. The van der Waals surface area contributed by atoms with Crippen LogP contribution in [0.25, 0.3) is 16.3 Å². The average Bonchev–Trinajstić information content (AvgIpc) is 3.11. The Labute approximate surface area is 169 Å². The molecule has 1 amide bonds. The second-order valence-electron chi connectivity index (χ2n) is 6.88. The van der Waals surface area contributed by atoms with Gasteiger partial charge in [-0.25, -0.2) is 8.78 Å². The third-order valence-electron chi connectivity index (χ3n) is 5.13. The van der Waals surface area contributed by atoms with Crippen molar-refractivity contribution >= 4 is 33.8 Å². The molecule has 4 rings (SSSR count). The lowest BCUT2D eigenvalue weighted by Crippen LogP contribution is -2.30. The summed E-state index contributed by atoms with van der Waals surface area (Å²) in [5.41, 5.74) is 1.20. The molecule has 4 aromatic rings. The van der Waals surface area contributed by atoms with Crippen molar-refractivity contribution in [1.82, 2.24) is 14.3 Å². The fourth-order valence-electron chi connectivity index (χ4n) is 3.40. The van der Waals surface area contributed by atoms with Gasteiger partial charge in [-0.2, -0.15) is 0 Å². The van der Waals surface area contributed by atoms with Gasteiger partial charge in [-0.05, 0) is 48.2 Å². The minimum Gasteiger partial charge on any atom is -0.335 e. The molecule has 29 heavy (non-hydrogen) atoms. The number of amides is 1. The predicted molar refractivity (Wildman–Crippen MR) is 107 cm³/mol. The van der Waals surface area contributed by atoms with Crippen LogP contribution in [0.15, 0.2) is 53.7 Å². The van der Waals surface area contributed by atoms with E-state index in [4.69, 9.17) is 11.6 Å². The van der Waals surface area contributed by atoms with Gasteiger partial charge in [0.25, 0.3) is 11.5 Å². The molecule has 1 aromatic carbocycles. The summed E-state index contributed by atoms with van der Waals surface area (Å²) >= 11 is 6.00. The first-order valence-corrected chi connectivity index (χ1v) is 9.19. The number of aromatic nitrogens is 2. The number of H-pyrrole nitrogens is 1. The highest BCUT2D eigenvalue weighted by Crippen LogP contribution is 2.28. The number of hydrogen-bond donors (Lipinski definition) is 1. The van der Waals surface area contributed by atoms with Crippen molar-refractivity contribution in [2.45, 2.75) is 13.0 Å². The fourth-order valence-corrected chi connectivity index (χ4v) is 3.57. The van der Waals surface area contributed by atoms with E-state index >= 15 is 0 Å². The van der Waals surface area contributed by atoms with Crippen molar-refractivity contribution in [3.8, 4) is 0 Å². The number of hydrogen-bond acceptors (Lipinski definition) is 2. The van der Waals surface area contributed by atoms with Gasteiger partial charge in [-0.15, -0.1) is 0 Å². The van der Waals surface area contributed by atoms with Crippen molar-refractivity contribution in [2.24, 2.45) is 0 Å². The topological polar surface area (TPSA) is 57.6 Å². The smallest absolute Gasteiger partial charge is 0.255 e. The second-order valence-corrected chi connectivity index (χ2v) is 7.32. The van der Waals surface area contributed by atoms with Gasteiger partial charge in [-0.1, -0.05) is 11.6 Å². The number of pyridine rings is 2. The Morgan fingerprint density at radius 1 is 1.17 bits per heavy atom. The van der Waals surface area contributed by atoms with E-state index in [0.29, 0.717) is 16.1 Å². The summed E-state index contributed by atoms with van der Waals surface area (Å²) in [6, 6.07) is 6.52. The van der Waals surface area contributed by atoms with Crippen molar-refractivity contribution in [3.05, 3.63) is 87.1 Å². The van der Waals surface area contributed by atoms with Crippen LogP contribution >= 0.6 is 11.6 Å². The quantitative estimate of drug-likeness (QED) is 0.534. The molecule has 0 unspecified atom stereocenters. The van der Waals surface area contributed by atoms with Crippen LogP contribution in [0.2, 0.25) is 5.02 Å². The van der Waals surface area contributed by atoms with E-state index in [1.54, 1.807) is 49.0 Å². The van der Waals surface area contributed by atoms with Gasteiger partial charge in [0, 0.05) is 36.2 Å². The van der Waals surface area contributed by atoms with Crippen LogP contribution in [0.1, 0.15) is 28.9 Å². The summed E-state index contributed by atoms with van der Waals surface area (Å²) in [5, 5.41) is 0.845. The van der Waals surface area contributed by atoms with E-state index in [-0.39, 0.29) is 16.7 Å². The maximum Gasteiger partial charge on any atom is 0.255 e. The van der Waals surface area contributed by atoms with E-state index in [1.165, 1.54) is 11.1 Å². The molecule has 1 atom stereocenters. The van der Waals surface area contributed by atoms with Crippen LogP contribution in [-0.2, 0) is 0 Å². The number of nitrogens with one attached hydrogen (secondary N) is 1. The van der Waals surface area contributed by atoms with Crippen LogP contribution in [0.4, 0.5) is 8.78 Å². The van der Waals surface area contributed by atoms with E-state index in [2.05, 4.69) is 4.98 Å². The van der Waals surface area contributed by atoms with Gasteiger partial charge in [0.1, 0.15) is 0 Å². The lowest BCUT2D eigenvalue weighted by molar-refractivity contribution is 0.0743. The molecule has 3 heterocycles. The Morgan fingerprint density at radius 3 is 2.59 bits per heavy atom. The monoisotopic (exact) mass is 415 g/mol. The summed E-state index contributed by atoms with van der Waals surface area (Å²) in [7, 11) is 1.61. The molecule has 0 saturated carbocycles. The molecule has 3 aromatic heterocycles. The zero-order valence-electron chi connectivity index (χ0n) is 15.5. The minimum atomic E-state index is -1.10. The zero-order valence-corrected chi connectivity index (χ0v) is 16.3. The maximum absolute atomic E-state index is 13.8. The third kappa shape index (κ3) is 3.27. The Balaban J connectivity index is 1.74. The molecule has 0 bridgehead atoms. The number of nitrogens with zero attached hydrogens (tertiary/aromatic N) is 2. The number of rotatable bonds is 3. The van der Waals surface area contributed by atoms with Gasteiger partial charge in [0.15, 0.2) is 11.6 Å². The van der Waals surface area contributed by atoms with Gasteiger partial charge in [-0.3, -0.25) is 9.59 Å². The first-order chi connectivity index (χ1) is 13.8. The molecule has 8 heteroatoms. The summed E-state index contributed by atoms with van der Waals surface area (Å²) in [4.78, 5) is 29.0. The van der Waals surface area contributed by atoms with Crippen molar-refractivity contribution in [3.63, 3.8) is 0 Å². The van der Waals surface area contributed by atoms with Crippen molar-refractivity contribution in [2.75, 3.05) is 7.05 Å². The summed E-state index contributed by atoms with van der Waals surface area (Å²) < 4.78 is 29.2. The van der Waals surface area contributed by atoms with E-state index in [0.717, 1.165) is 17.6 Å². The largest absolute Gasteiger partial charge is 0.335 e. The van der Waals surface area contributed by atoms with Gasteiger partial charge >= 0.3 is 0 Å². The molecular weight excluding hydrogens is 400 g/mol. The highest BCUT2D eigenvalue weighted by atomic mass is 35.5. The lowest BCUT2D eigenvalue weighted by Gasteiger charge is -2.26. The molecule has 1 N–H and O–H groups in total. The Morgan fingerprint density at radius 2 is 1.86 bits per heavy atom. The minimum absolute atomic E-state index is 0.0262. The van der Waals surface area contributed by atoms with Crippen LogP contribution in [-0.4, -0.2) is 27.2 Å². The summed E-state index contributed by atoms with van der Waals surface area (Å²) in [5.74, 6) is -2.42. The van der Waals surface area contributed by atoms with Crippen molar-refractivity contribution in [1.29, 1.82) is 0 Å². The van der Waals surface area contributed by atoms with Crippen LogP contribution in [0.5, 0.6) is 0 Å². The Bertz CT molecular complexity index is 1330. The normalized spacial score (nSPS) is 12.4. The molecule has 0 fully saturated rings. The number of carbonyl (C=O) groups excluding carboxylic acids is 1. The highest BCUT2D eigenvalue weighted by Gasteiger charge is 2.23. The lowest BCUT2D eigenvalue weighted by atomic mass is 10.0. The van der Waals surface area contributed by atoms with E-state index in [9.17, 15) is 18.4 Å². The number of carbonyl (C=O) groups is 1. The number of aromatic amines is 1. The summed E-state index contributed by atoms with van der Waals surface area (Å²) in [6.45, 7) is 1.75. The molecule has 0 aliphatic heterocycles. The molecule has 0 aliphatic carbocycles. The molecule has 0 spiro atoms. The zero-order chi connectivity index (χ0) is 20.9. The van der Waals surface area contributed by atoms with E-state index < -0.39 is 23.2 Å². The van der Waals surface area contributed by atoms with E-state index in [1.807, 2.05) is 0 Å². The van der Waals surface area contributed by atoms with Gasteiger partial charge in [0.05, 0.1) is 17.0 Å². The maximum atomic E-state index is 13.8. The number of halogens is 3.